The molecule has 0 amide bonds. The van der Waals surface area contributed by atoms with Crippen LogP contribution in [0.15, 0.2) is 42.6 Å². The Morgan fingerprint density at radius 1 is 1.27 bits per heavy atom. The third-order valence-corrected chi connectivity index (χ3v) is 3.04. The number of carbonyl (C=O) groups is 1. The summed E-state index contributed by atoms with van der Waals surface area (Å²) in [5.74, 6) is 0.565. The summed E-state index contributed by atoms with van der Waals surface area (Å²) >= 11 is 0. The molecule has 0 radical (unpaired) electrons. The molecule has 0 saturated carbocycles. The van der Waals surface area contributed by atoms with Crippen LogP contribution in [0.1, 0.15) is 15.9 Å². The van der Waals surface area contributed by atoms with Crippen LogP contribution in [0.3, 0.4) is 0 Å². The maximum absolute atomic E-state index is 11.3. The smallest absolute Gasteiger partial charge is 0.339 e. The number of hydrogen-bond donors (Lipinski definition) is 2. The van der Waals surface area contributed by atoms with Crippen LogP contribution in [0.25, 0.3) is 0 Å². The number of nitrogens with two attached hydrogens (primary N) is 1. The van der Waals surface area contributed by atoms with Gasteiger partial charge in [0.05, 0.1) is 19.3 Å². The second-order valence-electron chi connectivity index (χ2n) is 4.77. The fourth-order valence-electron chi connectivity index (χ4n) is 1.86. The maximum atomic E-state index is 11.3. The number of hydrogen-bond acceptors (Lipinski definition) is 6. The molecule has 116 valence electrons. The number of aliphatic hydroxyl groups excluding tert-OH is 1. The summed E-state index contributed by atoms with van der Waals surface area (Å²) in [6, 6.07) is 10.3. The zero-order valence-corrected chi connectivity index (χ0v) is 12.2. The maximum Gasteiger partial charge on any atom is 0.339 e. The summed E-state index contributed by atoms with van der Waals surface area (Å²) in [5.41, 5.74) is 7.07. The molecule has 0 aliphatic rings. The number of esters is 1. The van der Waals surface area contributed by atoms with Crippen LogP contribution in [0.4, 0.5) is 0 Å². The molecule has 6 nitrogen and oxygen atoms in total. The van der Waals surface area contributed by atoms with Crippen LogP contribution in [0.5, 0.6) is 11.6 Å². The monoisotopic (exact) mass is 302 g/mol. The standard InChI is InChI=1S/C16H18N2O4/c1-21-16(20)12-4-7-15(18-9-12)22-14-5-2-11(3-6-14)8-13(17)10-19/h2-7,9,13,19H,8,10,17H2,1H3. The van der Waals surface area contributed by atoms with E-state index in [2.05, 4.69) is 9.72 Å². The molecule has 1 unspecified atom stereocenters. The number of aromatic nitrogens is 1. The average Bonchev–Trinajstić information content (AvgIpc) is 2.56. The molecule has 0 fully saturated rings. The predicted molar refractivity (Wildman–Crippen MR) is 80.9 cm³/mol. The topological polar surface area (TPSA) is 94.7 Å². The summed E-state index contributed by atoms with van der Waals surface area (Å²) in [6.45, 7) is -0.0469. The van der Waals surface area contributed by atoms with Gasteiger partial charge in [0, 0.05) is 18.3 Å². The van der Waals surface area contributed by atoms with Gasteiger partial charge in [0.15, 0.2) is 0 Å². The number of carbonyl (C=O) groups excluding carboxylic acids is 1. The molecule has 0 saturated heterocycles. The molecule has 1 heterocycles. The molecule has 22 heavy (non-hydrogen) atoms. The number of pyridine rings is 1. The van der Waals surface area contributed by atoms with Crippen molar-refractivity contribution >= 4 is 5.97 Å². The average molecular weight is 302 g/mol. The molecule has 6 heteroatoms. The molecule has 0 spiro atoms. The minimum atomic E-state index is -0.441. The Labute approximate surface area is 128 Å². The van der Waals surface area contributed by atoms with Crippen LogP contribution in [0, 0.1) is 0 Å². The second kappa shape index (κ2) is 7.53. The van der Waals surface area contributed by atoms with Crippen LogP contribution in [-0.4, -0.2) is 35.8 Å². The van der Waals surface area contributed by atoms with Gasteiger partial charge in [-0.1, -0.05) is 12.1 Å². The molecular formula is C16H18N2O4. The van der Waals surface area contributed by atoms with E-state index in [0.717, 1.165) is 5.56 Å². The minimum Gasteiger partial charge on any atom is -0.465 e. The highest BCUT2D eigenvalue weighted by Gasteiger charge is 2.07. The molecular weight excluding hydrogens is 284 g/mol. The molecule has 1 aromatic carbocycles. The lowest BCUT2D eigenvalue weighted by molar-refractivity contribution is 0.0600. The van der Waals surface area contributed by atoms with E-state index in [1.165, 1.54) is 13.3 Å². The highest BCUT2D eigenvalue weighted by Crippen LogP contribution is 2.20. The molecule has 1 atom stereocenters. The van der Waals surface area contributed by atoms with Crippen molar-refractivity contribution < 1.29 is 19.4 Å². The number of benzene rings is 1. The van der Waals surface area contributed by atoms with Crippen molar-refractivity contribution in [3.8, 4) is 11.6 Å². The van der Waals surface area contributed by atoms with E-state index < -0.39 is 5.97 Å². The summed E-state index contributed by atoms with van der Waals surface area (Å²) in [6.07, 6.45) is 2.00. The Morgan fingerprint density at radius 2 is 2.00 bits per heavy atom. The zero-order valence-electron chi connectivity index (χ0n) is 12.2. The van der Waals surface area contributed by atoms with Gasteiger partial charge >= 0.3 is 5.97 Å². The fraction of sp³-hybridized carbons (Fsp3) is 0.250. The van der Waals surface area contributed by atoms with E-state index in [0.29, 0.717) is 23.6 Å². The van der Waals surface area contributed by atoms with Crippen LogP contribution >= 0.6 is 0 Å². The van der Waals surface area contributed by atoms with Gasteiger partial charge in [0.1, 0.15) is 5.75 Å². The van der Waals surface area contributed by atoms with Gasteiger partial charge in [-0.15, -0.1) is 0 Å². The first kappa shape index (κ1) is 15.9. The largest absolute Gasteiger partial charge is 0.465 e. The predicted octanol–water partition coefficient (Wildman–Crippen LogP) is 1.52. The van der Waals surface area contributed by atoms with Gasteiger partial charge in [-0.25, -0.2) is 9.78 Å². The van der Waals surface area contributed by atoms with Crippen molar-refractivity contribution in [2.24, 2.45) is 5.73 Å². The number of methoxy groups -OCH3 is 1. The number of aliphatic hydroxyl groups is 1. The van der Waals surface area contributed by atoms with Gasteiger partial charge in [-0.05, 0) is 30.2 Å². The Morgan fingerprint density at radius 3 is 2.55 bits per heavy atom. The lowest BCUT2D eigenvalue weighted by Crippen LogP contribution is -2.26. The Bertz CT molecular complexity index is 611. The summed E-state index contributed by atoms with van der Waals surface area (Å²) in [7, 11) is 1.32. The molecule has 2 aromatic rings. The van der Waals surface area contributed by atoms with E-state index in [9.17, 15) is 4.79 Å². The summed E-state index contributed by atoms with van der Waals surface area (Å²) in [5, 5.41) is 8.93. The summed E-state index contributed by atoms with van der Waals surface area (Å²) < 4.78 is 10.2. The van der Waals surface area contributed by atoms with Crippen LogP contribution in [0.2, 0.25) is 0 Å². The Balaban J connectivity index is 2.00. The second-order valence-corrected chi connectivity index (χ2v) is 4.77. The van der Waals surface area contributed by atoms with E-state index in [-0.39, 0.29) is 12.6 Å². The van der Waals surface area contributed by atoms with Gasteiger partial charge in [0.25, 0.3) is 0 Å². The van der Waals surface area contributed by atoms with Crippen molar-refractivity contribution in [3.63, 3.8) is 0 Å². The first-order valence-corrected chi connectivity index (χ1v) is 6.80. The Hall–Kier alpha value is -2.44. The summed E-state index contributed by atoms with van der Waals surface area (Å²) in [4.78, 5) is 15.4. The van der Waals surface area contributed by atoms with Gasteiger partial charge in [-0.3, -0.25) is 0 Å². The molecule has 0 bridgehead atoms. The van der Waals surface area contributed by atoms with Crippen molar-refractivity contribution in [2.75, 3.05) is 13.7 Å². The highest BCUT2D eigenvalue weighted by molar-refractivity contribution is 5.88. The quantitative estimate of drug-likeness (QED) is 0.786. The lowest BCUT2D eigenvalue weighted by atomic mass is 10.1. The minimum absolute atomic E-state index is 0.0469. The van der Waals surface area contributed by atoms with Crippen molar-refractivity contribution in [3.05, 3.63) is 53.7 Å². The van der Waals surface area contributed by atoms with E-state index >= 15 is 0 Å². The van der Waals surface area contributed by atoms with Crippen molar-refractivity contribution in [1.82, 2.24) is 4.98 Å². The SMILES string of the molecule is COC(=O)c1ccc(Oc2ccc(CC(N)CO)cc2)nc1. The number of rotatable bonds is 6. The van der Waals surface area contributed by atoms with Gasteiger partial charge < -0.3 is 20.3 Å². The van der Waals surface area contributed by atoms with Crippen molar-refractivity contribution in [2.45, 2.75) is 12.5 Å². The molecule has 1 aromatic heterocycles. The van der Waals surface area contributed by atoms with Crippen LogP contribution in [-0.2, 0) is 11.2 Å². The normalized spacial score (nSPS) is 11.8. The molecule has 3 N–H and O–H groups in total. The van der Waals surface area contributed by atoms with Gasteiger partial charge in [0.2, 0.25) is 5.88 Å². The van der Waals surface area contributed by atoms with E-state index in [4.69, 9.17) is 15.6 Å². The molecule has 0 aliphatic heterocycles. The third-order valence-electron chi connectivity index (χ3n) is 3.04. The van der Waals surface area contributed by atoms with E-state index in [1.807, 2.05) is 12.1 Å². The zero-order chi connectivity index (χ0) is 15.9. The molecule has 2 rings (SSSR count). The fourth-order valence-corrected chi connectivity index (χ4v) is 1.86. The van der Waals surface area contributed by atoms with Crippen molar-refractivity contribution in [1.29, 1.82) is 0 Å². The van der Waals surface area contributed by atoms with Crippen LogP contribution < -0.4 is 10.5 Å². The number of ether oxygens (including phenoxy) is 2. The molecule has 0 aliphatic carbocycles. The van der Waals surface area contributed by atoms with Gasteiger partial charge in [-0.2, -0.15) is 0 Å². The lowest BCUT2D eigenvalue weighted by Gasteiger charge is -2.09. The highest BCUT2D eigenvalue weighted by atomic mass is 16.5. The third kappa shape index (κ3) is 4.28. The van der Waals surface area contributed by atoms with E-state index in [1.54, 1.807) is 24.3 Å². The number of nitrogens with zero attached hydrogens (tertiary/aromatic N) is 1. The first-order chi connectivity index (χ1) is 10.6. The Kier molecular flexibility index (Phi) is 5.46. The first-order valence-electron chi connectivity index (χ1n) is 6.80.